The van der Waals surface area contributed by atoms with E-state index in [1.165, 1.54) is 0 Å². The first-order valence-electron chi connectivity index (χ1n) is 7.07. The van der Waals surface area contributed by atoms with E-state index < -0.39 is 11.5 Å². The molecular formula is C13H22N4O3. The standard InChI is InChI=1S/C13H22N4O3/c1-15-10(18)9-5-4-8-17(9)12(19)13(11(14)16-20)6-2-3-7-13/h9,20H,2-8H2,1H3,(H2,14,16)(H,15,18). The van der Waals surface area contributed by atoms with Crippen LogP contribution in [0.1, 0.15) is 38.5 Å². The normalized spacial score (nSPS) is 25.8. The first kappa shape index (κ1) is 14.6. The van der Waals surface area contributed by atoms with Gasteiger partial charge in [-0.3, -0.25) is 9.59 Å². The fraction of sp³-hybridized carbons (Fsp3) is 0.769. The third kappa shape index (κ3) is 2.21. The second-order valence-electron chi connectivity index (χ2n) is 5.55. The summed E-state index contributed by atoms with van der Waals surface area (Å²) >= 11 is 0. The van der Waals surface area contributed by atoms with Gasteiger partial charge in [-0.25, -0.2) is 0 Å². The van der Waals surface area contributed by atoms with Crippen LogP contribution >= 0.6 is 0 Å². The maximum atomic E-state index is 12.9. The van der Waals surface area contributed by atoms with Gasteiger partial charge in [-0.2, -0.15) is 0 Å². The van der Waals surface area contributed by atoms with Gasteiger partial charge in [-0.1, -0.05) is 18.0 Å². The molecule has 1 aliphatic heterocycles. The van der Waals surface area contributed by atoms with Crippen molar-refractivity contribution in [2.75, 3.05) is 13.6 Å². The molecule has 7 nitrogen and oxygen atoms in total. The van der Waals surface area contributed by atoms with Crippen molar-refractivity contribution in [3.8, 4) is 0 Å². The Balaban J connectivity index is 2.26. The van der Waals surface area contributed by atoms with Gasteiger partial charge >= 0.3 is 0 Å². The molecule has 2 rings (SSSR count). The molecular weight excluding hydrogens is 260 g/mol. The van der Waals surface area contributed by atoms with Gasteiger partial charge in [0.15, 0.2) is 5.84 Å². The first-order valence-corrected chi connectivity index (χ1v) is 7.07. The molecule has 4 N–H and O–H groups in total. The van der Waals surface area contributed by atoms with Gasteiger partial charge in [0.1, 0.15) is 11.5 Å². The number of likely N-dealkylation sites (tertiary alicyclic amines) is 1. The molecule has 1 unspecified atom stereocenters. The Labute approximate surface area is 118 Å². The highest BCUT2D eigenvalue weighted by atomic mass is 16.4. The Hall–Kier alpha value is -1.79. The third-order valence-electron chi connectivity index (χ3n) is 4.53. The van der Waals surface area contributed by atoms with Crippen LogP contribution in [0.5, 0.6) is 0 Å². The molecule has 2 amide bonds. The van der Waals surface area contributed by atoms with Gasteiger partial charge in [0, 0.05) is 13.6 Å². The predicted octanol–water partition coefficient (Wildman–Crippen LogP) is 0.0302. The quantitative estimate of drug-likeness (QED) is 0.294. The Bertz CT molecular complexity index is 429. The fourth-order valence-electron chi connectivity index (χ4n) is 3.38. The highest BCUT2D eigenvalue weighted by molar-refractivity contribution is 6.08. The molecule has 0 bridgehead atoms. The van der Waals surface area contributed by atoms with Crippen LogP contribution in [0.4, 0.5) is 0 Å². The molecule has 0 radical (unpaired) electrons. The number of likely N-dealkylation sites (N-methyl/N-ethyl adjacent to an activating group) is 1. The smallest absolute Gasteiger partial charge is 0.242 e. The molecule has 0 aromatic rings. The number of hydrogen-bond donors (Lipinski definition) is 3. The Morgan fingerprint density at radius 2 is 2.00 bits per heavy atom. The van der Waals surface area contributed by atoms with Gasteiger partial charge in [0.2, 0.25) is 11.8 Å². The third-order valence-corrected chi connectivity index (χ3v) is 4.53. The summed E-state index contributed by atoms with van der Waals surface area (Å²) in [7, 11) is 1.57. The number of hydrogen-bond acceptors (Lipinski definition) is 4. The van der Waals surface area contributed by atoms with E-state index in [9.17, 15) is 9.59 Å². The maximum Gasteiger partial charge on any atom is 0.242 e. The van der Waals surface area contributed by atoms with E-state index in [-0.39, 0.29) is 17.6 Å². The number of nitrogens with zero attached hydrogens (tertiary/aromatic N) is 2. The van der Waals surface area contributed by atoms with Crippen LogP contribution in [0, 0.1) is 5.41 Å². The van der Waals surface area contributed by atoms with Gasteiger partial charge in [-0.15, -0.1) is 0 Å². The highest BCUT2D eigenvalue weighted by Crippen LogP contribution is 2.41. The maximum absolute atomic E-state index is 12.9. The topological polar surface area (TPSA) is 108 Å². The molecule has 1 saturated heterocycles. The SMILES string of the molecule is CNC(=O)C1CCCN1C(=O)C1(C(N)=NO)CCCC1. The Morgan fingerprint density at radius 1 is 1.35 bits per heavy atom. The molecule has 112 valence electrons. The molecule has 1 saturated carbocycles. The molecule has 0 aromatic carbocycles. The van der Waals surface area contributed by atoms with E-state index >= 15 is 0 Å². The molecule has 7 heteroatoms. The molecule has 0 spiro atoms. The number of amidine groups is 1. The van der Waals surface area contributed by atoms with Crippen molar-refractivity contribution >= 4 is 17.6 Å². The number of oxime groups is 1. The molecule has 1 heterocycles. The number of rotatable bonds is 3. The first-order chi connectivity index (χ1) is 9.56. The lowest BCUT2D eigenvalue weighted by molar-refractivity contribution is -0.143. The summed E-state index contributed by atoms with van der Waals surface area (Å²) in [5.74, 6) is -0.345. The zero-order chi connectivity index (χ0) is 14.8. The minimum atomic E-state index is -0.925. The summed E-state index contributed by atoms with van der Waals surface area (Å²) in [5.41, 5.74) is 4.86. The minimum absolute atomic E-state index is 0.0254. The predicted molar refractivity (Wildman–Crippen MR) is 73.1 cm³/mol. The number of nitrogens with one attached hydrogen (secondary N) is 1. The molecule has 20 heavy (non-hydrogen) atoms. The zero-order valence-corrected chi connectivity index (χ0v) is 11.8. The monoisotopic (exact) mass is 282 g/mol. The lowest BCUT2D eigenvalue weighted by Gasteiger charge is -2.33. The fourth-order valence-corrected chi connectivity index (χ4v) is 3.38. The average molecular weight is 282 g/mol. The summed E-state index contributed by atoms with van der Waals surface area (Å²) in [6, 6.07) is -0.434. The van der Waals surface area contributed by atoms with Crippen LogP contribution in [0.15, 0.2) is 5.16 Å². The highest BCUT2D eigenvalue weighted by Gasteiger charge is 2.50. The van der Waals surface area contributed by atoms with Gasteiger partial charge in [0.25, 0.3) is 0 Å². The molecule has 2 aliphatic rings. The van der Waals surface area contributed by atoms with Crippen LogP contribution < -0.4 is 11.1 Å². The Kier molecular flexibility index (Phi) is 4.15. The van der Waals surface area contributed by atoms with Crippen LogP contribution in [0.25, 0.3) is 0 Å². The van der Waals surface area contributed by atoms with E-state index in [1.807, 2.05) is 0 Å². The number of nitrogens with two attached hydrogens (primary N) is 1. The number of amides is 2. The van der Waals surface area contributed by atoms with E-state index in [4.69, 9.17) is 10.9 Å². The van der Waals surface area contributed by atoms with Gasteiger partial charge in [-0.05, 0) is 25.7 Å². The zero-order valence-electron chi connectivity index (χ0n) is 11.8. The number of carbonyl (C=O) groups excluding carboxylic acids is 2. The van der Waals surface area contributed by atoms with Crippen molar-refractivity contribution < 1.29 is 14.8 Å². The summed E-state index contributed by atoms with van der Waals surface area (Å²) < 4.78 is 0. The van der Waals surface area contributed by atoms with E-state index in [2.05, 4.69) is 10.5 Å². The lowest BCUT2D eigenvalue weighted by Crippen LogP contribution is -2.54. The van der Waals surface area contributed by atoms with E-state index in [0.29, 0.717) is 25.8 Å². The Morgan fingerprint density at radius 3 is 2.55 bits per heavy atom. The van der Waals surface area contributed by atoms with Gasteiger partial charge < -0.3 is 21.2 Å². The lowest BCUT2D eigenvalue weighted by atomic mass is 9.83. The van der Waals surface area contributed by atoms with Crippen molar-refractivity contribution in [1.29, 1.82) is 0 Å². The van der Waals surface area contributed by atoms with E-state index in [0.717, 1.165) is 19.3 Å². The molecule has 0 aromatic heterocycles. The largest absolute Gasteiger partial charge is 0.409 e. The summed E-state index contributed by atoms with van der Waals surface area (Å²) in [5, 5.41) is 14.7. The van der Waals surface area contributed by atoms with Crippen LogP contribution in [-0.4, -0.2) is 47.4 Å². The van der Waals surface area contributed by atoms with Crippen LogP contribution in [0.3, 0.4) is 0 Å². The summed E-state index contributed by atoms with van der Waals surface area (Å²) in [6.07, 6.45) is 4.38. The van der Waals surface area contributed by atoms with Gasteiger partial charge in [0.05, 0.1) is 0 Å². The van der Waals surface area contributed by atoms with Crippen molar-refractivity contribution in [2.24, 2.45) is 16.3 Å². The van der Waals surface area contributed by atoms with Crippen LogP contribution in [0.2, 0.25) is 0 Å². The average Bonchev–Trinajstić information content (AvgIpc) is 3.14. The second kappa shape index (κ2) is 5.68. The van der Waals surface area contributed by atoms with Crippen molar-refractivity contribution in [2.45, 2.75) is 44.6 Å². The van der Waals surface area contributed by atoms with Crippen molar-refractivity contribution in [1.82, 2.24) is 10.2 Å². The minimum Gasteiger partial charge on any atom is -0.409 e. The van der Waals surface area contributed by atoms with Crippen LogP contribution in [-0.2, 0) is 9.59 Å². The van der Waals surface area contributed by atoms with Crippen molar-refractivity contribution in [3.63, 3.8) is 0 Å². The molecule has 2 fully saturated rings. The molecule has 1 atom stereocenters. The van der Waals surface area contributed by atoms with Crippen molar-refractivity contribution in [3.05, 3.63) is 0 Å². The van der Waals surface area contributed by atoms with E-state index in [1.54, 1.807) is 11.9 Å². The second-order valence-corrected chi connectivity index (χ2v) is 5.55. The molecule has 1 aliphatic carbocycles. The number of carbonyl (C=O) groups is 2. The summed E-state index contributed by atoms with van der Waals surface area (Å²) in [6.45, 7) is 0.553. The summed E-state index contributed by atoms with van der Waals surface area (Å²) in [4.78, 5) is 26.3.